The van der Waals surface area contributed by atoms with Gasteiger partial charge in [-0.15, -0.1) is 0 Å². The summed E-state index contributed by atoms with van der Waals surface area (Å²) in [5.74, 6) is -0.585. The molecule has 1 heterocycles. The van der Waals surface area contributed by atoms with Gasteiger partial charge < -0.3 is 4.74 Å². The summed E-state index contributed by atoms with van der Waals surface area (Å²) in [5, 5.41) is 9.38. The quantitative estimate of drug-likeness (QED) is 0.800. The van der Waals surface area contributed by atoms with Gasteiger partial charge >= 0.3 is 5.97 Å². The molecule has 5 heteroatoms. The van der Waals surface area contributed by atoms with Crippen LogP contribution in [0.2, 0.25) is 0 Å². The molecule has 1 atom stereocenters. The van der Waals surface area contributed by atoms with Crippen molar-refractivity contribution < 1.29 is 13.9 Å². The minimum Gasteiger partial charge on any atom is -0.466 e. The van der Waals surface area contributed by atoms with Crippen molar-refractivity contribution in [3.05, 3.63) is 35.6 Å². The van der Waals surface area contributed by atoms with Gasteiger partial charge in [-0.1, -0.05) is 12.1 Å². The fraction of sp³-hybridized carbons (Fsp3) is 0.500. The van der Waals surface area contributed by atoms with Crippen LogP contribution in [0.4, 0.5) is 4.39 Å². The Labute approximate surface area is 124 Å². The second-order valence-electron chi connectivity index (χ2n) is 5.15. The number of halogens is 1. The van der Waals surface area contributed by atoms with E-state index < -0.39 is 6.04 Å². The summed E-state index contributed by atoms with van der Waals surface area (Å²) in [5.41, 5.74) is 0.659. The van der Waals surface area contributed by atoms with E-state index in [0.29, 0.717) is 38.1 Å². The molecule has 1 aliphatic rings. The van der Waals surface area contributed by atoms with E-state index >= 15 is 0 Å². The van der Waals surface area contributed by atoms with Crippen molar-refractivity contribution in [2.45, 2.75) is 25.8 Å². The Morgan fingerprint density at radius 1 is 1.52 bits per heavy atom. The number of nitriles is 1. The van der Waals surface area contributed by atoms with E-state index in [1.54, 1.807) is 19.1 Å². The molecule has 1 aliphatic heterocycles. The lowest BCUT2D eigenvalue weighted by molar-refractivity contribution is -0.149. The lowest BCUT2D eigenvalue weighted by atomic mass is 9.94. The third-order valence-corrected chi connectivity index (χ3v) is 3.80. The lowest BCUT2D eigenvalue weighted by Gasteiger charge is -2.33. The molecule has 0 saturated carbocycles. The fourth-order valence-corrected chi connectivity index (χ4v) is 2.70. The maximum Gasteiger partial charge on any atom is 0.309 e. The van der Waals surface area contributed by atoms with Gasteiger partial charge in [-0.3, -0.25) is 9.69 Å². The van der Waals surface area contributed by atoms with Crippen molar-refractivity contribution in [3.8, 4) is 6.07 Å². The molecule has 1 aromatic rings. The van der Waals surface area contributed by atoms with E-state index in [-0.39, 0.29) is 17.7 Å². The van der Waals surface area contributed by atoms with Gasteiger partial charge in [-0.05, 0) is 37.5 Å². The number of carbonyl (C=O) groups is 1. The summed E-state index contributed by atoms with van der Waals surface area (Å²) in [6.45, 7) is 3.46. The maximum absolute atomic E-state index is 13.3. The predicted molar refractivity (Wildman–Crippen MR) is 75.7 cm³/mol. The minimum atomic E-state index is -0.469. The number of benzene rings is 1. The van der Waals surface area contributed by atoms with Crippen molar-refractivity contribution in [2.75, 3.05) is 19.7 Å². The summed E-state index contributed by atoms with van der Waals surface area (Å²) < 4.78 is 18.3. The Morgan fingerprint density at radius 2 is 2.24 bits per heavy atom. The Kier molecular flexibility index (Phi) is 5.29. The van der Waals surface area contributed by atoms with E-state index in [0.717, 1.165) is 0 Å². The number of rotatable bonds is 4. The van der Waals surface area contributed by atoms with Gasteiger partial charge in [0.2, 0.25) is 0 Å². The second-order valence-corrected chi connectivity index (χ2v) is 5.15. The number of carbonyl (C=O) groups excluding carboxylic acids is 1. The first-order valence-electron chi connectivity index (χ1n) is 7.21. The van der Waals surface area contributed by atoms with E-state index in [4.69, 9.17) is 4.74 Å². The molecule has 112 valence electrons. The monoisotopic (exact) mass is 290 g/mol. The Hall–Kier alpha value is -1.93. The average molecular weight is 290 g/mol. The molecule has 0 aliphatic carbocycles. The molecule has 0 spiro atoms. The predicted octanol–water partition coefficient (Wildman–Crippen LogP) is 2.67. The highest BCUT2D eigenvalue weighted by Gasteiger charge is 2.30. The van der Waals surface area contributed by atoms with Gasteiger partial charge in [0.1, 0.15) is 11.9 Å². The molecular formula is C16H19FN2O2. The molecule has 0 bridgehead atoms. The molecule has 1 aromatic carbocycles. The topological polar surface area (TPSA) is 53.3 Å². The molecule has 1 unspecified atom stereocenters. The van der Waals surface area contributed by atoms with Crippen LogP contribution in [0, 0.1) is 23.1 Å². The first-order chi connectivity index (χ1) is 10.2. The first kappa shape index (κ1) is 15.5. The number of ether oxygens (including phenoxy) is 1. The smallest absolute Gasteiger partial charge is 0.309 e. The average Bonchev–Trinajstić information content (AvgIpc) is 2.49. The molecule has 1 fully saturated rings. The Morgan fingerprint density at radius 3 is 2.81 bits per heavy atom. The van der Waals surface area contributed by atoms with Crippen molar-refractivity contribution in [2.24, 2.45) is 5.92 Å². The van der Waals surface area contributed by atoms with Gasteiger partial charge in [0.25, 0.3) is 0 Å². The van der Waals surface area contributed by atoms with Gasteiger partial charge in [0.05, 0.1) is 18.6 Å². The van der Waals surface area contributed by atoms with Crippen LogP contribution in [0.25, 0.3) is 0 Å². The zero-order chi connectivity index (χ0) is 15.2. The van der Waals surface area contributed by atoms with Crippen LogP contribution in [-0.2, 0) is 9.53 Å². The molecule has 4 nitrogen and oxygen atoms in total. The van der Waals surface area contributed by atoms with E-state index in [9.17, 15) is 14.4 Å². The Bertz CT molecular complexity index is 533. The molecular weight excluding hydrogens is 271 g/mol. The number of hydrogen-bond donors (Lipinski definition) is 0. The van der Waals surface area contributed by atoms with Crippen molar-refractivity contribution in [3.63, 3.8) is 0 Å². The van der Waals surface area contributed by atoms with Crippen LogP contribution >= 0.6 is 0 Å². The van der Waals surface area contributed by atoms with Crippen LogP contribution in [0.5, 0.6) is 0 Å². The number of likely N-dealkylation sites (tertiary alicyclic amines) is 1. The van der Waals surface area contributed by atoms with Gasteiger partial charge in [-0.2, -0.15) is 5.26 Å². The molecule has 0 aromatic heterocycles. The molecule has 0 radical (unpaired) electrons. The van der Waals surface area contributed by atoms with Crippen LogP contribution in [0.3, 0.4) is 0 Å². The molecule has 21 heavy (non-hydrogen) atoms. The SMILES string of the molecule is CCOC(=O)C1CCN(C(C#N)c2cccc(F)c2)CC1. The van der Waals surface area contributed by atoms with Crippen LogP contribution < -0.4 is 0 Å². The maximum atomic E-state index is 13.3. The third kappa shape index (κ3) is 3.79. The number of piperidine rings is 1. The largest absolute Gasteiger partial charge is 0.466 e. The van der Waals surface area contributed by atoms with E-state index in [1.165, 1.54) is 12.1 Å². The zero-order valence-corrected chi connectivity index (χ0v) is 12.1. The molecule has 0 amide bonds. The molecule has 2 rings (SSSR count). The van der Waals surface area contributed by atoms with Crippen LogP contribution in [0.15, 0.2) is 24.3 Å². The second kappa shape index (κ2) is 7.19. The summed E-state index contributed by atoms with van der Waals surface area (Å²) in [4.78, 5) is 13.7. The minimum absolute atomic E-state index is 0.0898. The number of esters is 1. The summed E-state index contributed by atoms with van der Waals surface area (Å²) in [6, 6.07) is 7.89. The van der Waals surface area contributed by atoms with E-state index in [1.807, 2.05) is 4.90 Å². The van der Waals surface area contributed by atoms with Gasteiger partial charge in [0.15, 0.2) is 0 Å². The number of hydrogen-bond acceptors (Lipinski definition) is 4. The Balaban J connectivity index is 2.00. The summed E-state index contributed by atoms with van der Waals surface area (Å²) in [6.07, 6.45) is 1.35. The van der Waals surface area contributed by atoms with Crippen LogP contribution in [0.1, 0.15) is 31.4 Å². The normalized spacial score (nSPS) is 18.0. The standard InChI is InChI=1S/C16H19FN2O2/c1-2-21-16(20)12-6-8-19(9-7-12)15(11-18)13-4-3-5-14(17)10-13/h3-5,10,12,15H,2,6-9H2,1H3. The molecule has 1 saturated heterocycles. The fourth-order valence-electron chi connectivity index (χ4n) is 2.70. The first-order valence-corrected chi connectivity index (χ1v) is 7.21. The van der Waals surface area contributed by atoms with Crippen molar-refractivity contribution >= 4 is 5.97 Å². The highest BCUT2D eigenvalue weighted by atomic mass is 19.1. The summed E-state index contributed by atoms with van der Waals surface area (Å²) in [7, 11) is 0. The zero-order valence-electron chi connectivity index (χ0n) is 12.1. The van der Waals surface area contributed by atoms with Crippen LogP contribution in [-0.4, -0.2) is 30.6 Å². The molecule has 0 N–H and O–H groups in total. The summed E-state index contributed by atoms with van der Waals surface area (Å²) >= 11 is 0. The van der Waals surface area contributed by atoms with Gasteiger partial charge in [0, 0.05) is 13.1 Å². The lowest BCUT2D eigenvalue weighted by Crippen LogP contribution is -2.38. The number of nitrogens with zero attached hydrogens (tertiary/aromatic N) is 2. The van der Waals surface area contributed by atoms with Crippen molar-refractivity contribution in [1.29, 1.82) is 5.26 Å². The highest BCUT2D eigenvalue weighted by molar-refractivity contribution is 5.72. The van der Waals surface area contributed by atoms with Crippen molar-refractivity contribution in [1.82, 2.24) is 4.90 Å². The van der Waals surface area contributed by atoms with Gasteiger partial charge in [-0.25, -0.2) is 4.39 Å². The van der Waals surface area contributed by atoms with E-state index in [2.05, 4.69) is 6.07 Å². The highest BCUT2D eigenvalue weighted by Crippen LogP contribution is 2.27. The third-order valence-electron chi connectivity index (χ3n) is 3.80.